The Bertz CT molecular complexity index is 344. The van der Waals surface area contributed by atoms with Crippen molar-refractivity contribution in [1.82, 2.24) is 15.1 Å². The molecule has 0 radical (unpaired) electrons. The predicted octanol–water partition coefficient (Wildman–Crippen LogP) is 1.59. The normalized spacial score (nSPS) is 11.1. The number of aryl methyl sites for hydroxylation is 2. The van der Waals surface area contributed by atoms with Gasteiger partial charge < -0.3 is 10.4 Å². The number of thioether (sulfide) groups is 1. The second-order valence-corrected chi connectivity index (χ2v) is 5.43. The van der Waals surface area contributed by atoms with Gasteiger partial charge >= 0.3 is 0 Å². The number of aliphatic hydroxyl groups is 1. The molecule has 6 heteroatoms. The Morgan fingerprint density at radius 1 is 1.47 bits per heavy atom. The van der Waals surface area contributed by atoms with Crippen LogP contribution in [0.3, 0.4) is 0 Å². The van der Waals surface area contributed by atoms with Crippen LogP contribution >= 0.6 is 23.4 Å². The molecule has 0 aliphatic rings. The first kappa shape index (κ1) is 14.8. The Balaban J connectivity index is 2.18. The first-order valence-corrected chi connectivity index (χ1v) is 7.27. The minimum Gasteiger partial charge on any atom is -0.396 e. The van der Waals surface area contributed by atoms with Gasteiger partial charge in [-0.2, -0.15) is 16.9 Å². The monoisotopic (exact) mass is 277 g/mol. The number of aliphatic hydroxyl groups excluding tert-OH is 1. The molecule has 0 atom stereocenters. The predicted molar refractivity (Wildman–Crippen MR) is 73.7 cm³/mol. The number of halogens is 1. The van der Waals surface area contributed by atoms with Gasteiger partial charge in [0.15, 0.2) is 0 Å². The van der Waals surface area contributed by atoms with Crippen molar-refractivity contribution in [3.63, 3.8) is 0 Å². The van der Waals surface area contributed by atoms with Gasteiger partial charge in [-0.25, -0.2) is 0 Å². The van der Waals surface area contributed by atoms with Crippen LogP contribution in [0.1, 0.15) is 17.7 Å². The van der Waals surface area contributed by atoms with E-state index in [9.17, 15) is 0 Å². The van der Waals surface area contributed by atoms with Crippen molar-refractivity contribution in [2.75, 3.05) is 24.7 Å². The van der Waals surface area contributed by atoms with Crippen LogP contribution in [0.25, 0.3) is 0 Å². The molecule has 0 unspecified atom stereocenters. The molecule has 1 rings (SSSR count). The van der Waals surface area contributed by atoms with Crippen LogP contribution in [0.5, 0.6) is 0 Å². The van der Waals surface area contributed by atoms with Crippen molar-refractivity contribution in [2.45, 2.75) is 19.9 Å². The number of hydrogen-bond acceptors (Lipinski definition) is 4. The molecule has 98 valence electrons. The van der Waals surface area contributed by atoms with Gasteiger partial charge in [0.2, 0.25) is 0 Å². The molecular weight excluding hydrogens is 258 g/mol. The van der Waals surface area contributed by atoms with Gasteiger partial charge in [0.1, 0.15) is 5.15 Å². The third kappa shape index (κ3) is 4.87. The van der Waals surface area contributed by atoms with Crippen molar-refractivity contribution >= 4 is 23.4 Å². The molecule has 0 aliphatic heterocycles. The van der Waals surface area contributed by atoms with E-state index in [-0.39, 0.29) is 6.61 Å². The summed E-state index contributed by atoms with van der Waals surface area (Å²) in [6.45, 7) is 3.96. The fourth-order valence-corrected chi connectivity index (χ4v) is 2.57. The van der Waals surface area contributed by atoms with Gasteiger partial charge in [-0.3, -0.25) is 4.68 Å². The minimum absolute atomic E-state index is 0.283. The van der Waals surface area contributed by atoms with Crippen LogP contribution in [0.15, 0.2) is 0 Å². The van der Waals surface area contributed by atoms with E-state index in [2.05, 4.69) is 10.4 Å². The van der Waals surface area contributed by atoms with Crippen LogP contribution in [0, 0.1) is 6.92 Å². The molecule has 0 fully saturated rings. The Labute approximate surface area is 112 Å². The highest BCUT2D eigenvalue weighted by Crippen LogP contribution is 2.17. The molecule has 0 bridgehead atoms. The fraction of sp³-hybridized carbons (Fsp3) is 0.727. The second kappa shape index (κ2) is 7.97. The Morgan fingerprint density at radius 2 is 2.24 bits per heavy atom. The summed E-state index contributed by atoms with van der Waals surface area (Å²) in [5.41, 5.74) is 2.06. The smallest absolute Gasteiger partial charge is 0.131 e. The maximum atomic E-state index is 8.63. The van der Waals surface area contributed by atoms with E-state index in [1.807, 2.05) is 25.7 Å². The SMILES string of the molecule is Cc1nn(C)c(Cl)c1CNCCSCCCO. The molecule has 1 aromatic heterocycles. The molecule has 0 amide bonds. The Hall–Kier alpha value is -0.230. The highest BCUT2D eigenvalue weighted by molar-refractivity contribution is 7.99. The highest BCUT2D eigenvalue weighted by Gasteiger charge is 2.09. The summed E-state index contributed by atoms with van der Waals surface area (Å²) in [5, 5.41) is 17.0. The van der Waals surface area contributed by atoms with Crippen molar-refractivity contribution in [3.05, 3.63) is 16.4 Å². The molecular formula is C11H20ClN3OS. The van der Waals surface area contributed by atoms with Gasteiger partial charge in [-0.05, 0) is 19.1 Å². The lowest BCUT2D eigenvalue weighted by atomic mass is 10.2. The van der Waals surface area contributed by atoms with Crippen LogP contribution in [0.4, 0.5) is 0 Å². The van der Waals surface area contributed by atoms with Crippen molar-refractivity contribution in [1.29, 1.82) is 0 Å². The van der Waals surface area contributed by atoms with Gasteiger partial charge in [-0.15, -0.1) is 0 Å². The zero-order chi connectivity index (χ0) is 12.7. The molecule has 17 heavy (non-hydrogen) atoms. The summed E-state index contributed by atoms with van der Waals surface area (Å²) < 4.78 is 1.70. The van der Waals surface area contributed by atoms with Gasteiger partial charge in [0, 0.05) is 38.1 Å². The summed E-state index contributed by atoms with van der Waals surface area (Å²) in [6, 6.07) is 0. The maximum Gasteiger partial charge on any atom is 0.131 e. The third-order valence-electron chi connectivity index (χ3n) is 2.44. The quantitative estimate of drug-likeness (QED) is 0.709. The molecule has 1 aromatic rings. The van der Waals surface area contributed by atoms with E-state index >= 15 is 0 Å². The highest BCUT2D eigenvalue weighted by atomic mass is 35.5. The van der Waals surface area contributed by atoms with Crippen LogP contribution in [-0.4, -0.2) is 39.5 Å². The fourth-order valence-electron chi connectivity index (χ4n) is 1.50. The van der Waals surface area contributed by atoms with Crippen molar-refractivity contribution in [2.24, 2.45) is 7.05 Å². The molecule has 0 spiro atoms. The standard InChI is InChI=1S/C11H20ClN3OS/c1-9-10(11(12)15(2)14-9)8-13-4-7-17-6-3-5-16/h13,16H,3-8H2,1-2H3. The van der Waals surface area contributed by atoms with Gasteiger partial charge in [0.25, 0.3) is 0 Å². The van der Waals surface area contributed by atoms with Crippen LogP contribution in [0.2, 0.25) is 5.15 Å². The summed E-state index contributed by atoms with van der Waals surface area (Å²) in [6.07, 6.45) is 0.873. The topological polar surface area (TPSA) is 50.1 Å². The van der Waals surface area contributed by atoms with Gasteiger partial charge in [0.05, 0.1) is 5.69 Å². The molecule has 2 N–H and O–H groups in total. The summed E-state index contributed by atoms with van der Waals surface area (Å²) in [5.74, 6) is 2.07. The lowest BCUT2D eigenvalue weighted by Crippen LogP contribution is -2.17. The molecule has 1 heterocycles. The summed E-state index contributed by atoms with van der Waals surface area (Å²) >= 11 is 7.97. The maximum absolute atomic E-state index is 8.63. The lowest BCUT2D eigenvalue weighted by molar-refractivity contribution is 0.296. The number of nitrogens with zero attached hydrogens (tertiary/aromatic N) is 2. The molecule has 0 aliphatic carbocycles. The average Bonchev–Trinajstić information content (AvgIpc) is 2.54. The first-order chi connectivity index (χ1) is 8.16. The van der Waals surface area contributed by atoms with Crippen molar-refractivity contribution < 1.29 is 5.11 Å². The van der Waals surface area contributed by atoms with E-state index in [0.29, 0.717) is 5.15 Å². The average molecular weight is 278 g/mol. The van der Waals surface area contributed by atoms with E-state index in [0.717, 1.165) is 42.3 Å². The molecule has 0 aromatic carbocycles. The van der Waals surface area contributed by atoms with Crippen LogP contribution < -0.4 is 5.32 Å². The zero-order valence-corrected chi connectivity index (χ0v) is 11.9. The van der Waals surface area contributed by atoms with Crippen LogP contribution in [-0.2, 0) is 13.6 Å². The van der Waals surface area contributed by atoms with E-state index < -0.39 is 0 Å². The lowest BCUT2D eigenvalue weighted by Gasteiger charge is -2.04. The Morgan fingerprint density at radius 3 is 2.82 bits per heavy atom. The number of rotatable bonds is 8. The van der Waals surface area contributed by atoms with E-state index in [1.54, 1.807) is 4.68 Å². The minimum atomic E-state index is 0.283. The first-order valence-electron chi connectivity index (χ1n) is 5.74. The Kier molecular flexibility index (Phi) is 6.96. The summed E-state index contributed by atoms with van der Waals surface area (Å²) in [4.78, 5) is 0. The largest absolute Gasteiger partial charge is 0.396 e. The zero-order valence-electron chi connectivity index (χ0n) is 10.4. The molecule has 0 saturated heterocycles. The van der Waals surface area contributed by atoms with E-state index in [1.165, 1.54) is 0 Å². The number of nitrogens with one attached hydrogen (secondary N) is 1. The van der Waals surface area contributed by atoms with E-state index in [4.69, 9.17) is 16.7 Å². The van der Waals surface area contributed by atoms with Gasteiger partial charge in [-0.1, -0.05) is 11.6 Å². The number of aromatic nitrogens is 2. The summed E-state index contributed by atoms with van der Waals surface area (Å²) in [7, 11) is 1.85. The second-order valence-electron chi connectivity index (χ2n) is 3.84. The van der Waals surface area contributed by atoms with Crippen molar-refractivity contribution in [3.8, 4) is 0 Å². The molecule has 0 saturated carbocycles. The third-order valence-corrected chi connectivity index (χ3v) is 3.98. The molecule has 4 nitrogen and oxygen atoms in total. The number of hydrogen-bond donors (Lipinski definition) is 2.